The summed E-state index contributed by atoms with van der Waals surface area (Å²) in [7, 11) is -5.02. The molecule has 1 aliphatic rings. The molecule has 1 rings (SSSR count). The molecule has 0 fully saturated rings. The first-order valence-corrected chi connectivity index (χ1v) is 30.1. The van der Waals surface area contributed by atoms with Crippen molar-refractivity contribution < 1.29 is 32.3 Å². The van der Waals surface area contributed by atoms with E-state index in [9.17, 15) is 9.59 Å². The lowest BCUT2D eigenvalue weighted by Gasteiger charge is -2.46. The molecule has 57 heavy (non-hydrogen) atoms. The number of cyclic esters (lactones) is 1. The summed E-state index contributed by atoms with van der Waals surface area (Å²) in [6.45, 7) is 38.5. The normalized spacial score (nSPS) is 25.5. The van der Waals surface area contributed by atoms with Crippen molar-refractivity contribution in [1.29, 1.82) is 0 Å². The fraction of sp³-hybridized carbons (Fsp3) is 0.702. The van der Waals surface area contributed by atoms with Crippen molar-refractivity contribution in [3.8, 4) is 0 Å². The van der Waals surface area contributed by atoms with Gasteiger partial charge in [-0.25, -0.2) is 9.59 Å². The second kappa shape index (κ2) is 24.2. The third-order valence-corrected chi connectivity index (χ3v) is 23.1. The average molecular weight is 845 g/mol. The minimum absolute atomic E-state index is 0.0558. The molecule has 0 radical (unpaired) electrons. The van der Waals surface area contributed by atoms with E-state index in [2.05, 4.69) is 132 Å². The smallest absolute Gasteiger partial charge is 0.330 e. The number of methoxy groups -OCH3 is 1. The predicted molar refractivity (Wildman–Crippen MR) is 249 cm³/mol. The van der Waals surface area contributed by atoms with Gasteiger partial charge in [-0.3, -0.25) is 0 Å². The highest BCUT2D eigenvalue weighted by atomic mass is 28.4. The van der Waals surface area contributed by atoms with Gasteiger partial charge in [0.25, 0.3) is 0 Å². The molecule has 10 heteroatoms. The number of esters is 2. The van der Waals surface area contributed by atoms with Gasteiger partial charge in [0, 0.05) is 24.5 Å². The van der Waals surface area contributed by atoms with E-state index in [-0.39, 0.29) is 41.3 Å². The molecule has 0 unspecified atom stereocenters. The average Bonchev–Trinajstić information content (AvgIpc) is 3.07. The van der Waals surface area contributed by atoms with E-state index in [1.54, 1.807) is 12.2 Å². The van der Waals surface area contributed by atoms with Crippen LogP contribution in [0.5, 0.6) is 0 Å². The van der Waals surface area contributed by atoms with Crippen LogP contribution in [0.4, 0.5) is 0 Å². The molecular weight excluding hydrogens is 761 g/mol. The maximum atomic E-state index is 13.2. The lowest BCUT2D eigenvalue weighted by Crippen LogP contribution is -2.53. The van der Waals surface area contributed by atoms with E-state index < -0.39 is 30.9 Å². The van der Waals surface area contributed by atoms with Crippen LogP contribution >= 0.6 is 0 Å². The fourth-order valence-electron chi connectivity index (χ4n) is 7.57. The molecule has 326 valence electrons. The number of hydrogen-bond donors (Lipinski definition) is 0. The van der Waals surface area contributed by atoms with Gasteiger partial charge >= 0.3 is 11.9 Å². The highest BCUT2D eigenvalue weighted by Crippen LogP contribution is 2.44. The van der Waals surface area contributed by atoms with Gasteiger partial charge in [0.15, 0.2) is 16.6 Å². The summed E-state index contributed by atoms with van der Waals surface area (Å²) in [6.07, 6.45) is 23.6. The van der Waals surface area contributed by atoms with Gasteiger partial charge in [-0.2, -0.15) is 0 Å². The van der Waals surface area contributed by atoms with Crippen LogP contribution in [0.15, 0.2) is 71.9 Å². The molecule has 0 aromatic carbocycles. The predicted octanol–water partition coefficient (Wildman–Crippen LogP) is 13.4. The van der Waals surface area contributed by atoms with E-state index in [1.165, 1.54) is 13.2 Å². The van der Waals surface area contributed by atoms with E-state index >= 15 is 0 Å². The van der Waals surface area contributed by atoms with Gasteiger partial charge in [-0.1, -0.05) is 129 Å². The van der Waals surface area contributed by atoms with Crippen LogP contribution in [0.2, 0.25) is 54.4 Å². The van der Waals surface area contributed by atoms with E-state index in [0.29, 0.717) is 23.0 Å². The first-order chi connectivity index (χ1) is 26.2. The van der Waals surface area contributed by atoms with Crippen LogP contribution in [-0.2, 0) is 32.3 Å². The number of hydrogen-bond acceptors (Lipinski definition) is 7. The standard InChI is InChI=1S/C47H84O7Si3/c1-35(2)57(36(3)4,37(5)6)54-43-31-30-41(52-56(17,18)47(10,11)12)26-22-20-24-28-46(49)51-44(40(9)33-39(8)29-32-45(48)50-13)34-38(7)25-21-19-23-27-42(43)53-55(14,15)16/h19,21,24-25,28-33,35-37,40-44H,20,22-23,26-27,34H2,1-18H3/b21-19+,28-24+,31-30+,32-29+,38-25+,39-33+/t40-,41+,42+,43+,44-/m0/s1. The SMILES string of the molecule is COC(=O)/C=C/C(C)=C/[C@H](C)[C@@H]1C/C(C)=C/C=C/CC[C@@H](O[Si](C)(C)C)[C@H](O[Si](C(C)C)(C(C)C)C(C)C)/C=C/[C@H](O[Si](C)(C)C(C)(C)C)CCC/C=C/C(=O)O1. The second-order valence-electron chi connectivity index (χ2n) is 19.6. The zero-order valence-electron chi connectivity index (χ0n) is 39.5. The summed E-state index contributed by atoms with van der Waals surface area (Å²) >= 11 is 0. The van der Waals surface area contributed by atoms with Crippen molar-refractivity contribution in [2.45, 2.75) is 200 Å². The van der Waals surface area contributed by atoms with Gasteiger partial charge in [-0.15, -0.1) is 0 Å². The molecule has 5 atom stereocenters. The summed E-state index contributed by atoms with van der Waals surface area (Å²) in [5.74, 6) is -0.854. The Morgan fingerprint density at radius 1 is 0.860 bits per heavy atom. The Morgan fingerprint density at radius 3 is 2.02 bits per heavy atom. The Balaban J connectivity index is 3.82. The molecule has 0 spiro atoms. The van der Waals surface area contributed by atoms with Crippen LogP contribution in [0.1, 0.15) is 122 Å². The number of carbonyl (C=O) groups excluding carboxylic acids is 2. The summed E-state index contributed by atoms with van der Waals surface area (Å²) in [6, 6.07) is 0. The van der Waals surface area contributed by atoms with Crippen LogP contribution < -0.4 is 0 Å². The molecule has 0 amide bonds. The number of allylic oxidation sites excluding steroid dienone is 6. The van der Waals surface area contributed by atoms with Crippen LogP contribution in [0, 0.1) is 5.92 Å². The highest BCUT2D eigenvalue weighted by molar-refractivity contribution is 6.77. The lowest BCUT2D eigenvalue weighted by molar-refractivity contribution is -0.144. The zero-order valence-corrected chi connectivity index (χ0v) is 42.5. The largest absolute Gasteiger partial charge is 0.466 e. The van der Waals surface area contributed by atoms with Crippen molar-refractivity contribution in [2.75, 3.05) is 7.11 Å². The van der Waals surface area contributed by atoms with Crippen molar-refractivity contribution >= 4 is 36.9 Å². The monoisotopic (exact) mass is 845 g/mol. The molecule has 1 aliphatic heterocycles. The first kappa shape index (κ1) is 52.9. The number of rotatable bonds is 13. The lowest BCUT2D eigenvalue weighted by atomic mass is 9.95. The molecular formula is C47H84O7Si3. The zero-order chi connectivity index (χ0) is 43.8. The molecule has 0 aromatic heterocycles. The van der Waals surface area contributed by atoms with Crippen LogP contribution in [0.3, 0.4) is 0 Å². The summed E-state index contributed by atoms with van der Waals surface area (Å²) in [4.78, 5) is 24.9. The minimum atomic E-state index is -2.29. The third-order valence-electron chi connectivity index (χ3n) is 11.5. The van der Waals surface area contributed by atoms with Crippen LogP contribution in [0.25, 0.3) is 0 Å². The first-order valence-electron chi connectivity index (χ1n) is 21.6. The molecule has 1 heterocycles. The quantitative estimate of drug-likeness (QED) is 0.0600. The molecule has 0 aliphatic carbocycles. The molecule has 0 bridgehead atoms. The summed E-state index contributed by atoms with van der Waals surface area (Å²) < 4.78 is 32.7. The Bertz CT molecular complexity index is 1400. The van der Waals surface area contributed by atoms with Gasteiger partial charge in [0.05, 0.1) is 25.4 Å². The van der Waals surface area contributed by atoms with Gasteiger partial charge in [-0.05, 0) is 100 Å². The Morgan fingerprint density at radius 2 is 1.47 bits per heavy atom. The highest BCUT2D eigenvalue weighted by Gasteiger charge is 2.48. The number of carbonyl (C=O) groups is 2. The van der Waals surface area contributed by atoms with Gasteiger partial charge in [0.1, 0.15) is 6.10 Å². The van der Waals surface area contributed by atoms with Gasteiger partial charge < -0.3 is 22.8 Å². The fourth-order valence-corrected chi connectivity index (χ4v) is 15.6. The molecule has 0 saturated heterocycles. The molecule has 0 aromatic rings. The second-order valence-corrected chi connectivity index (χ2v) is 34.3. The van der Waals surface area contributed by atoms with Gasteiger partial charge in [0.2, 0.25) is 8.32 Å². The maximum absolute atomic E-state index is 13.2. The van der Waals surface area contributed by atoms with E-state index in [1.807, 2.05) is 26.0 Å². The Hall–Kier alpha value is -2.09. The summed E-state index contributed by atoms with van der Waals surface area (Å²) in [5.41, 5.74) is 3.31. The Labute approximate surface area is 353 Å². The Kier molecular flexibility index (Phi) is 22.5. The molecule has 0 saturated carbocycles. The minimum Gasteiger partial charge on any atom is -0.466 e. The maximum Gasteiger partial charge on any atom is 0.330 e. The molecule has 0 N–H and O–H groups in total. The van der Waals surface area contributed by atoms with Crippen molar-refractivity contribution in [1.82, 2.24) is 0 Å². The molecule has 7 nitrogen and oxygen atoms in total. The van der Waals surface area contributed by atoms with Crippen LogP contribution in [-0.4, -0.2) is 68.4 Å². The summed E-state index contributed by atoms with van der Waals surface area (Å²) in [5, 5.41) is 0.0558. The van der Waals surface area contributed by atoms with Crippen molar-refractivity contribution in [3.63, 3.8) is 0 Å². The van der Waals surface area contributed by atoms with E-state index in [0.717, 1.165) is 43.3 Å². The topological polar surface area (TPSA) is 80.3 Å². The van der Waals surface area contributed by atoms with Crippen molar-refractivity contribution in [2.24, 2.45) is 5.92 Å². The van der Waals surface area contributed by atoms with E-state index in [4.69, 9.17) is 22.8 Å². The van der Waals surface area contributed by atoms with Crippen molar-refractivity contribution in [3.05, 3.63) is 71.9 Å². The number of ether oxygens (including phenoxy) is 2. The third kappa shape index (κ3) is 18.8.